The van der Waals surface area contributed by atoms with Crippen molar-refractivity contribution < 1.29 is 9.53 Å². The molecule has 2 rings (SSSR count). The van der Waals surface area contributed by atoms with Gasteiger partial charge in [-0.05, 0) is 18.2 Å². The minimum absolute atomic E-state index is 0.312. The van der Waals surface area contributed by atoms with Crippen molar-refractivity contribution >= 4 is 17.9 Å². The number of ether oxygens (including phenoxy) is 1. The van der Waals surface area contributed by atoms with Crippen LogP contribution in [0.4, 0.5) is 11.5 Å². The Bertz CT molecular complexity index is 543. The third-order valence-electron chi connectivity index (χ3n) is 2.41. The Morgan fingerprint density at radius 1 is 1.28 bits per heavy atom. The molecule has 0 saturated heterocycles. The molecule has 5 nitrogen and oxygen atoms in total. The van der Waals surface area contributed by atoms with E-state index in [2.05, 4.69) is 10.3 Å². The Balaban J connectivity index is 2.11. The monoisotopic (exact) mass is 243 g/mol. The van der Waals surface area contributed by atoms with Gasteiger partial charge in [-0.2, -0.15) is 0 Å². The van der Waals surface area contributed by atoms with Crippen LogP contribution in [0.5, 0.6) is 5.75 Å². The molecule has 18 heavy (non-hydrogen) atoms. The Labute approximate surface area is 105 Å². The highest BCUT2D eigenvalue weighted by molar-refractivity contribution is 5.73. The first-order valence-electron chi connectivity index (χ1n) is 5.42. The average molecular weight is 243 g/mol. The molecule has 1 aromatic carbocycles. The lowest BCUT2D eigenvalue weighted by Gasteiger charge is -2.10. The van der Waals surface area contributed by atoms with E-state index in [-0.39, 0.29) is 0 Å². The zero-order valence-electron chi connectivity index (χ0n) is 9.67. The molecule has 2 aromatic rings. The van der Waals surface area contributed by atoms with E-state index < -0.39 is 0 Å². The smallest absolute Gasteiger partial charge is 0.211 e. The molecule has 0 bridgehead atoms. The van der Waals surface area contributed by atoms with Crippen molar-refractivity contribution in [2.45, 2.75) is 6.61 Å². The van der Waals surface area contributed by atoms with Crippen LogP contribution in [0.25, 0.3) is 0 Å². The molecular weight excluding hydrogens is 230 g/mol. The number of nitrogens with one attached hydrogen (secondary N) is 1. The predicted molar refractivity (Wildman–Crippen MR) is 69.1 cm³/mol. The zero-order valence-corrected chi connectivity index (χ0v) is 9.67. The topological polar surface area (TPSA) is 77.2 Å². The van der Waals surface area contributed by atoms with Crippen molar-refractivity contribution in [1.29, 1.82) is 0 Å². The minimum atomic E-state index is 0.312. The van der Waals surface area contributed by atoms with Gasteiger partial charge in [-0.3, -0.25) is 4.79 Å². The van der Waals surface area contributed by atoms with Crippen LogP contribution in [0.1, 0.15) is 5.56 Å². The summed E-state index contributed by atoms with van der Waals surface area (Å²) in [6.07, 6.45) is 2.24. The number of nitrogens with zero attached hydrogens (tertiary/aromatic N) is 1. The molecule has 0 radical (unpaired) electrons. The number of carbonyl (C=O) groups excluding carboxylic acids is 1. The number of carbonyl (C=O) groups is 1. The summed E-state index contributed by atoms with van der Waals surface area (Å²) >= 11 is 0. The van der Waals surface area contributed by atoms with E-state index >= 15 is 0 Å². The molecule has 1 amide bonds. The molecule has 1 heterocycles. The maximum absolute atomic E-state index is 10.5. The number of benzene rings is 1. The van der Waals surface area contributed by atoms with Gasteiger partial charge in [-0.15, -0.1) is 0 Å². The fourth-order valence-electron chi connectivity index (χ4n) is 1.53. The summed E-state index contributed by atoms with van der Waals surface area (Å²) in [5, 5.41) is 2.62. The van der Waals surface area contributed by atoms with Crippen LogP contribution in [-0.2, 0) is 11.4 Å². The summed E-state index contributed by atoms with van der Waals surface area (Å²) in [5.41, 5.74) is 7.26. The lowest BCUT2D eigenvalue weighted by atomic mass is 10.2. The summed E-state index contributed by atoms with van der Waals surface area (Å²) in [6.45, 7) is 0.312. The molecule has 0 saturated carbocycles. The third-order valence-corrected chi connectivity index (χ3v) is 2.41. The summed E-state index contributed by atoms with van der Waals surface area (Å²) in [5.74, 6) is 0.872. The minimum Gasteiger partial charge on any atom is -0.485 e. The second-order valence-corrected chi connectivity index (χ2v) is 3.59. The largest absolute Gasteiger partial charge is 0.485 e. The van der Waals surface area contributed by atoms with Crippen LogP contribution < -0.4 is 15.8 Å². The summed E-state index contributed by atoms with van der Waals surface area (Å²) < 4.78 is 5.57. The highest BCUT2D eigenvalue weighted by Crippen LogP contribution is 2.21. The zero-order chi connectivity index (χ0) is 12.8. The number of amides is 1. The summed E-state index contributed by atoms with van der Waals surface area (Å²) in [7, 11) is 0. The molecule has 1 aromatic heterocycles. The average Bonchev–Trinajstić information content (AvgIpc) is 2.40. The quantitative estimate of drug-likeness (QED) is 0.785. The third kappa shape index (κ3) is 2.76. The second-order valence-electron chi connectivity index (χ2n) is 3.59. The van der Waals surface area contributed by atoms with Gasteiger partial charge in [0.15, 0.2) is 11.6 Å². The number of rotatable bonds is 5. The van der Waals surface area contributed by atoms with Crippen LogP contribution in [0, 0.1) is 0 Å². The van der Waals surface area contributed by atoms with Gasteiger partial charge in [0.2, 0.25) is 6.41 Å². The number of para-hydroxylation sites is 1. The van der Waals surface area contributed by atoms with Crippen LogP contribution in [0.15, 0.2) is 42.6 Å². The fourth-order valence-corrected chi connectivity index (χ4v) is 1.53. The first kappa shape index (κ1) is 11.9. The lowest BCUT2D eigenvalue weighted by molar-refractivity contribution is -0.105. The Kier molecular flexibility index (Phi) is 3.76. The summed E-state index contributed by atoms with van der Waals surface area (Å²) in [4.78, 5) is 14.4. The lowest BCUT2D eigenvalue weighted by Crippen LogP contribution is -2.04. The molecule has 0 unspecified atom stereocenters. The molecule has 0 atom stereocenters. The number of hydrogen-bond acceptors (Lipinski definition) is 4. The fraction of sp³-hybridized carbons (Fsp3) is 0.0769. The van der Waals surface area contributed by atoms with E-state index in [0.717, 1.165) is 11.3 Å². The summed E-state index contributed by atoms with van der Waals surface area (Å²) in [6, 6.07) is 10.9. The molecule has 92 valence electrons. The first-order valence-corrected chi connectivity index (χ1v) is 5.42. The van der Waals surface area contributed by atoms with Crippen molar-refractivity contribution in [3.63, 3.8) is 0 Å². The van der Waals surface area contributed by atoms with Crippen molar-refractivity contribution in [1.82, 2.24) is 4.98 Å². The van der Waals surface area contributed by atoms with E-state index in [1.54, 1.807) is 24.4 Å². The van der Waals surface area contributed by atoms with E-state index in [1.807, 2.05) is 18.2 Å². The normalized spacial score (nSPS) is 9.78. The van der Waals surface area contributed by atoms with Gasteiger partial charge < -0.3 is 15.8 Å². The van der Waals surface area contributed by atoms with Crippen LogP contribution in [0.2, 0.25) is 0 Å². The van der Waals surface area contributed by atoms with Crippen LogP contribution >= 0.6 is 0 Å². The molecule has 0 spiro atoms. The van der Waals surface area contributed by atoms with Crippen molar-refractivity contribution in [2.75, 3.05) is 11.1 Å². The molecule has 3 N–H and O–H groups in total. The second kappa shape index (κ2) is 5.67. The SMILES string of the molecule is Nc1ncccc1OCc1ccccc1NC=O. The van der Waals surface area contributed by atoms with Crippen molar-refractivity contribution in [2.24, 2.45) is 0 Å². The van der Waals surface area contributed by atoms with E-state index in [4.69, 9.17) is 10.5 Å². The molecule has 0 aliphatic rings. The Morgan fingerprint density at radius 3 is 2.89 bits per heavy atom. The van der Waals surface area contributed by atoms with Gasteiger partial charge in [-0.1, -0.05) is 18.2 Å². The highest BCUT2D eigenvalue weighted by Gasteiger charge is 2.04. The number of hydrogen-bond donors (Lipinski definition) is 2. The van der Waals surface area contributed by atoms with Gasteiger partial charge in [-0.25, -0.2) is 4.98 Å². The van der Waals surface area contributed by atoms with E-state index in [9.17, 15) is 4.79 Å². The molecule has 0 fully saturated rings. The molecule has 0 aliphatic heterocycles. The molecule has 0 aliphatic carbocycles. The van der Waals surface area contributed by atoms with Gasteiger partial charge in [0.1, 0.15) is 6.61 Å². The van der Waals surface area contributed by atoms with Gasteiger partial charge in [0.05, 0.1) is 0 Å². The van der Waals surface area contributed by atoms with Crippen LogP contribution in [-0.4, -0.2) is 11.4 Å². The Morgan fingerprint density at radius 2 is 2.11 bits per heavy atom. The number of nitrogen functional groups attached to an aromatic ring is 1. The van der Waals surface area contributed by atoms with E-state index in [0.29, 0.717) is 24.6 Å². The molecule has 5 heteroatoms. The standard InChI is InChI=1S/C13H13N3O2/c14-13-12(6-3-7-15-13)18-8-10-4-1-2-5-11(10)16-9-17/h1-7,9H,8H2,(H2,14,15)(H,16,17). The number of pyridine rings is 1. The predicted octanol–water partition coefficient (Wildman–Crippen LogP) is 1.81. The van der Waals surface area contributed by atoms with Gasteiger partial charge in [0, 0.05) is 17.4 Å². The Hall–Kier alpha value is -2.56. The maximum Gasteiger partial charge on any atom is 0.211 e. The van der Waals surface area contributed by atoms with Crippen molar-refractivity contribution in [3.05, 3.63) is 48.2 Å². The number of anilines is 2. The first-order chi connectivity index (χ1) is 8.81. The number of nitrogens with two attached hydrogens (primary N) is 1. The van der Waals surface area contributed by atoms with Gasteiger partial charge in [0.25, 0.3) is 0 Å². The van der Waals surface area contributed by atoms with Crippen LogP contribution in [0.3, 0.4) is 0 Å². The van der Waals surface area contributed by atoms with Gasteiger partial charge >= 0.3 is 0 Å². The molecular formula is C13H13N3O2. The van der Waals surface area contributed by atoms with E-state index in [1.165, 1.54) is 0 Å². The maximum atomic E-state index is 10.5. The number of aromatic nitrogens is 1. The van der Waals surface area contributed by atoms with Crippen molar-refractivity contribution in [3.8, 4) is 5.75 Å². The highest BCUT2D eigenvalue weighted by atomic mass is 16.5.